The molecule has 2 nitrogen and oxygen atoms in total. The van der Waals surface area contributed by atoms with E-state index >= 15 is 0 Å². The van der Waals surface area contributed by atoms with Gasteiger partial charge < -0.3 is 10.4 Å². The summed E-state index contributed by atoms with van der Waals surface area (Å²) in [5.74, 6) is 0.420. The minimum Gasteiger partial charge on any atom is -0.393 e. The summed E-state index contributed by atoms with van der Waals surface area (Å²) < 4.78 is 1.15. The monoisotopic (exact) mass is 311 g/mol. The number of rotatable bonds is 4. The van der Waals surface area contributed by atoms with Gasteiger partial charge in [0.1, 0.15) is 0 Å². The highest BCUT2D eigenvalue weighted by Crippen LogP contribution is 2.26. The molecule has 0 bridgehead atoms. The average molecular weight is 312 g/mol. The van der Waals surface area contributed by atoms with Gasteiger partial charge in [0.15, 0.2) is 0 Å². The summed E-state index contributed by atoms with van der Waals surface area (Å²) in [6.07, 6.45) is 4.44. The molecule has 2 rings (SSSR count). The molecule has 1 aliphatic rings. The van der Waals surface area contributed by atoms with E-state index in [4.69, 9.17) is 0 Å². The molecule has 100 valence electrons. The Morgan fingerprint density at radius 1 is 1.33 bits per heavy atom. The summed E-state index contributed by atoms with van der Waals surface area (Å²) in [6.45, 7) is 3.08. The Bertz CT molecular complexity index is 383. The molecule has 0 spiro atoms. The third-order valence-electron chi connectivity index (χ3n) is 3.93. The molecule has 1 fully saturated rings. The molecule has 1 saturated carbocycles. The van der Waals surface area contributed by atoms with Crippen LogP contribution >= 0.6 is 15.9 Å². The quantitative estimate of drug-likeness (QED) is 0.889. The first-order valence-corrected chi connectivity index (χ1v) is 7.63. The summed E-state index contributed by atoms with van der Waals surface area (Å²) in [7, 11) is 0. The topological polar surface area (TPSA) is 32.3 Å². The molecule has 1 aromatic rings. The Hall–Kier alpha value is -0.380. The first-order valence-electron chi connectivity index (χ1n) is 6.84. The van der Waals surface area contributed by atoms with Gasteiger partial charge in [-0.2, -0.15) is 0 Å². The Morgan fingerprint density at radius 3 is 2.78 bits per heavy atom. The second-order valence-electron chi connectivity index (χ2n) is 5.26. The van der Waals surface area contributed by atoms with Gasteiger partial charge in [-0.1, -0.05) is 47.0 Å². The predicted octanol–water partition coefficient (Wildman–Crippen LogP) is 3.65. The summed E-state index contributed by atoms with van der Waals surface area (Å²) >= 11 is 3.59. The summed E-state index contributed by atoms with van der Waals surface area (Å²) in [4.78, 5) is 0. The molecule has 2 N–H and O–H groups in total. The first kappa shape index (κ1) is 14.0. The lowest BCUT2D eigenvalue weighted by Crippen LogP contribution is -2.35. The number of benzene rings is 1. The molecule has 3 unspecified atom stereocenters. The van der Waals surface area contributed by atoms with E-state index < -0.39 is 0 Å². The summed E-state index contributed by atoms with van der Waals surface area (Å²) in [6, 6.07) is 8.62. The van der Waals surface area contributed by atoms with Gasteiger partial charge in [-0.15, -0.1) is 0 Å². The predicted molar refractivity (Wildman–Crippen MR) is 78.5 cm³/mol. The molecule has 0 radical (unpaired) electrons. The van der Waals surface area contributed by atoms with Gasteiger partial charge >= 0.3 is 0 Å². The van der Waals surface area contributed by atoms with Crippen LogP contribution in [-0.4, -0.2) is 17.8 Å². The standard InChI is InChI=1S/C15H22BrNO/c1-11(13-7-3-4-8-14(13)16)17-10-12-6-2-5-9-15(12)18/h3-4,7-8,11-12,15,17-18H,2,5-6,9-10H2,1H3. The molecule has 0 aliphatic heterocycles. The Labute approximate surface area is 118 Å². The van der Waals surface area contributed by atoms with Crippen molar-refractivity contribution in [1.29, 1.82) is 0 Å². The fraction of sp³-hybridized carbons (Fsp3) is 0.600. The van der Waals surface area contributed by atoms with Gasteiger partial charge in [0, 0.05) is 17.1 Å². The molecular formula is C15H22BrNO. The zero-order valence-electron chi connectivity index (χ0n) is 10.9. The van der Waals surface area contributed by atoms with Crippen molar-refractivity contribution in [3.8, 4) is 0 Å². The van der Waals surface area contributed by atoms with E-state index in [1.807, 2.05) is 6.07 Å². The second-order valence-corrected chi connectivity index (χ2v) is 6.12. The number of nitrogens with one attached hydrogen (secondary N) is 1. The van der Waals surface area contributed by atoms with Crippen molar-refractivity contribution < 1.29 is 5.11 Å². The van der Waals surface area contributed by atoms with Gasteiger partial charge in [0.2, 0.25) is 0 Å². The molecule has 0 amide bonds. The van der Waals surface area contributed by atoms with Crippen LogP contribution < -0.4 is 5.32 Å². The van der Waals surface area contributed by atoms with Gasteiger partial charge in [0.05, 0.1) is 6.10 Å². The Kier molecular flexibility index (Phi) is 5.22. The van der Waals surface area contributed by atoms with Crippen LogP contribution in [0.5, 0.6) is 0 Å². The number of hydrogen-bond acceptors (Lipinski definition) is 2. The molecule has 1 aliphatic carbocycles. The molecule has 0 heterocycles. The fourth-order valence-corrected chi connectivity index (χ4v) is 3.32. The van der Waals surface area contributed by atoms with Crippen LogP contribution in [0.1, 0.15) is 44.2 Å². The maximum Gasteiger partial charge on any atom is 0.0580 e. The van der Waals surface area contributed by atoms with Crippen LogP contribution in [0.4, 0.5) is 0 Å². The molecule has 0 aromatic heterocycles. The minimum absolute atomic E-state index is 0.113. The minimum atomic E-state index is -0.113. The van der Waals surface area contributed by atoms with Crippen LogP contribution in [0.15, 0.2) is 28.7 Å². The lowest BCUT2D eigenvalue weighted by atomic mass is 9.86. The van der Waals surface area contributed by atoms with Crippen LogP contribution in [-0.2, 0) is 0 Å². The third-order valence-corrected chi connectivity index (χ3v) is 4.65. The maximum atomic E-state index is 9.96. The van der Waals surface area contributed by atoms with E-state index in [-0.39, 0.29) is 6.10 Å². The SMILES string of the molecule is CC(NCC1CCCCC1O)c1ccccc1Br. The van der Waals surface area contributed by atoms with Gasteiger partial charge in [-0.25, -0.2) is 0 Å². The van der Waals surface area contributed by atoms with E-state index in [2.05, 4.69) is 46.4 Å². The van der Waals surface area contributed by atoms with E-state index in [0.29, 0.717) is 12.0 Å². The Morgan fingerprint density at radius 2 is 2.06 bits per heavy atom. The van der Waals surface area contributed by atoms with Crippen molar-refractivity contribution in [2.24, 2.45) is 5.92 Å². The second kappa shape index (κ2) is 6.69. The summed E-state index contributed by atoms with van der Waals surface area (Å²) in [5, 5.41) is 13.5. The molecule has 1 aromatic carbocycles. The largest absolute Gasteiger partial charge is 0.393 e. The van der Waals surface area contributed by atoms with Crippen LogP contribution in [0.2, 0.25) is 0 Å². The van der Waals surface area contributed by atoms with Crippen molar-refractivity contribution >= 4 is 15.9 Å². The van der Waals surface area contributed by atoms with Crippen molar-refractivity contribution in [2.75, 3.05) is 6.54 Å². The molecule has 0 saturated heterocycles. The van der Waals surface area contributed by atoms with Crippen molar-refractivity contribution in [2.45, 2.75) is 44.8 Å². The fourth-order valence-electron chi connectivity index (χ4n) is 2.69. The van der Waals surface area contributed by atoms with E-state index in [1.54, 1.807) is 0 Å². The summed E-state index contributed by atoms with van der Waals surface area (Å²) in [5.41, 5.74) is 1.28. The van der Waals surface area contributed by atoms with E-state index in [1.165, 1.54) is 18.4 Å². The number of halogens is 1. The molecule has 18 heavy (non-hydrogen) atoms. The highest BCUT2D eigenvalue weighted by molar-refractivity contribution is 9.10. The Balaban J connectivity index is 1.88. The first-order chi connectivity index (χ1) is 8.68. The maximum absolute atomic E-state index is 9.96. The van der Waals surface area contributed by atoms with Crippen molar-refractivity contribution in [3.63, 3.8) is 0 Å². The zero-order valence-corrected chi connectivity index (χ0v) is 12.5. The lowest BCUT2D eigenvalue weighted by molar-refractivity contribution is 0.0684. The van der Waals surface area contributed by atoms with Gasteiger partial charge in [-0.05, 0) is 37.3 Å². The van der Waals surface area contributed by atoms with Crippen LogP contribution in [0.3, 0.4) is 0 Å². The smallest absolute Gasteiger partial charge is 0.0580 e. The number of aliphatic hydroxyl groups excluding tert-OH is 1. The third kappa shape index (κ3) is 3.56. The molecular weight excluding hydrogens is 290 g/mol. The van der Waals surface area contributed by atoms with Gasteiger partial charge in [0.25, 0.3) is 0 Å². The molecule has 3 atom stereocenters. The van der Waals surface area contributed by atoms with Crippen LogP contribution in [0, 0.1) is 5.92 Å². The number of hydrogen-bond donors (Lipinski definition) is 2. The van der Waals surface area contributed by atoms with Gasteiger partial charge in [-0.3, -0.25) is 0 Å². The van der Waals surface area contributed by atoms with Crippen LogP contribution in [0.25, 0.3) is 0 Å². The lowest BCUT2D eigenvalue weighted by Gasteiger charge is -2.29. The highest BCUT2D eigenvalue weighted by atomic mass is 79.9. The zero-order chi connectivity index (χ0) is 13.0. The number of aliphatic hydroxyl groups is 1. The van der Waals surface area contributed by atoms with Crippen molar-refractivity contribution in [1.82, 2.24) is 5.32 Å². The normalized spacial score (nSPS) is 25.9. The van der Waals surface area contributed by atoms with E-state index in [0.717, 1.165) is 23.9 Å². The van der Waals surface area contributed by atoms with Crippen molar-refractivity contribution in [3.05, 3.63) is 34.3 Å². The van der Waals surface area contributed by atoms with E-state index in [9.17, 15) is 5.11 Å². The molecule has 3 heteroatoms. The highest BCUT2D eigenvalue weighted by Gasteiger charge is 2.23. The average Bonchev–Trinajstić information content (AvgIpc) is 2.38.